The number of aryl methyl sites for hydroxylation is 1. The zero-order valence-corrected chi connectivity index (χ0v) is 13.1. The second-order valence-electron chi connectivity index (χ2n) is 6.35. The molecule has 0 spiro atoms. The molecule has 4 rings (SSSR count). The minimum atomic E-state index is 0.215. The predicted octanol–water partition coefficient (Wildman–Crippen LogP) is 0.931. The molecular weight excluding hydrogens is 292 g/mol. The first-order valence-corrected chi connectivity index (χ1v) is 7.83. The van der Waals surface area contributed by atoms with Gasteiger partial charge >= 0.3 is 0 Å². The zero-order chi connectivity index (χ0) is 16.0. The number of hydrogen-bond donors (Lipinski definition) is 2. The maximum absolute atomic E-state index is 9.62. The van der Waals surface area contributed by atoms with Gasteiger partial charge in [0, 0.05) is 49.5 Å². The van der Waals surface area contributed by atoms with Crippen molar-refractivity contribution in [3.8, 4) is 5.75 Å². The number of nitrogens with zero attached hydrogens (tertiary/aromatic N) is 5. The van der Waals surface area contributed by atoms with E-state index in [-0.39, 0.29) is 5.75 Å². The SMILES string of the molecule is Cc1ncc(CN2C[C@@H]3C[C@H]2CN3c2cncc(O)c2)c(N)n1. The summed E-state index contributed by atoms with van der Waals surface area (Å²) in [5, 5.41) is 9.62. The van der Waals surface area contributed by atoms with Crippen LogP contribution in [0.2, 0.25) is 0 Å². The summed E-state index contributed by atoms with van der Waals surface area (Å²) in [5.74, 6) is 1.50. The van der Waals surface area contributed by atoms with Crippen molar-refractivity contribution >= 4 is 11.5 Å². The Morgan fingerprint density at radius 2 is 2.13 bits per heavy atom. The van der Waals surface area contributed by atoms with Gasteiger partial charge in [-0.05, 0) is 13.3 Å². The third-order valence-electron chi connectivity index (χ3n) is 4.79. The van der Waals surface area contributed by atoms with Gasteiger partial charge in [-0.15, -0.1) is 0 Å². The van der Waals surface area contributed by atoms with Crippen LogP contribution in [0.5, 0.6) is 5.75 Å². The lowest BCUT2D eigenvalue weighted by molar-refractivity contribution is 0.230. The molecule has 0 amide bonds. The van der Waals surface area contributed by atoms with E-state index >= 15 is 0 Å². The van der Waals surface area contributed by atoms with Crippen molar-refractivity contribution in [2.75, 3.05) is 23.7 Å². The molecule has 4 heterocycles. The lowest BCUT2D eigenvalue weighted by Gasteiger charge is -2.35. The Bertz CT molecular complexity index is 736. The van der Waals surface area contributed by atoms with Crippen LogP contribution in [-0.2, 0) is 6.54 Å². The number of likely N-dealkylation sites (tertiary alicyclic amines) is 1. The average molecular weight is 312 g/mol. The fourth-order valence-electron chi connectivity index (χ4n) is 3.69. The largest absolute Gasteiger partial charge is 0.506 e. The zero-order valence-electron chi connectivity index (χ0n) is 13.1. The summed E-state index contributed by atoms with van der Waals surface area (Å²) in [4.78, 5) is 17.4. The van der Waals surface area contributed by atoms with Crippen molar-refractivity contribution in [2.45, 2.75) is 32.0 Å². The Morgan fingerprint density at radius 1 is 1.26 bits per heavy atom. The highest BCUT2D eigenvalue weighted by Crippen LogP contribution is 2.36. The molecule has 0 unspecified atom stereocenters. The number of nitrogens with two attached hydrogens (primary N) is 1. The molecule has 0 saturated carbocycles. The lowest BCUT2D eigenvalue weighted by Crippen LogP contribution is -2.46. The van der Waals surface area contributed by atoms with E-state index in [1.807, 2.05) is 19.3 Å². The number of pyridine rings is 1. The molecule has 2 aliphatic rings. The Labute approximate surface area is 134 Å². The Balaban J connectivity index is 1.47. The van der Waals surface area contributed by atoms with Crippen LogP contribution in [-0.4, -0.2) is 50.1 Å². The maximum Gasteiger partial charge on any atom is 0.135 e. The number of anilines is 2. The number of hydrogen-bond acceptors (Lipinski definition) is 7. The molecule has 2 fully saturated rings. The molecule has 2 bridgehead atoms. The molecule has 23 heavy (non-hydrogen) atoms. The van der Waals surface area contributed by atoms with Crippen molar-refractivity contribution < 1.29 is 5.11 Å². The monoisotopic (exact) mass is 312 g/mol. The standard InChI is InChI=1S/C16H20N6O/c1-10-19-4-11(16(17)20-10)7-21-8-14-2-13(21)9-22(14)12-3-15(23)6-18-5-12/h3-6,13-14,23H,2,7-9H2,1H3,(H2,17,19,20)/t13-,14-/m0/s1. The van der Waals surface area contributed by atoms with Gasteiger partial charge in [0.2, 0.25) is 0 Å². The summed E-state index contributed by atoms with van der Waals surface area (Å²) in [6.07, 6.45) is 6.24. The second-order valence-corrected chi connectivity index (χ2v) is 6.35. The average Bonchev–Trinajstić information content (AvgIpc) is 3.10. The smallest absolute Gasteiger partial charge is 0.135 e. The van der Waals surface area contributed by atoms with Crippen LogP contribution < -0.4 is 10.6 Å². The molecule has 2 aromatic rings. The van der Waals surface area contributed by atoms with E-state index in [1.165, 1.54) is 6.20 Å². The molecule has 2 aromatic heterocycles. The van der Waals surface area contributed by atoms with Gasteiger partial charge < -0.3 is 15.7 Å². The highest BCUT2D eigenvalue weighted by Gasteiger charge is 2.43. The first kappa shape index (κ1) is 14.2. The van der Waals surface area contributed by atoms with Crippen molar-refractivity contribution in [3.05, 3.63) is 36.0 Å². The number of aromatic nitrogens is 3. The van der Waals surface area contributed by atoms with Crippen LogP contribution in [0.25, 0.3) is 0 Å². The van der Waals surface area contributed by atoms with Gasteiger partial charge in [0.1, 0.15) is 17.4 Å². The lowest BCUT2D eigenvalue weighted by atomic mass is 10.2. The minimum absolute atomic E-state index is 0.215. The Morgan fingerprint density at radius 3 is 2.83 bits per heavy atom. The maximum atomic E-state index is 9.62. The van der Waals surface area contributed by atoms with Crippen LogP contribution in [0, 0.1) is 6.92 Å². The van der Waals surface area contributed by atoms with E-state index in [2.05, 4.69) is 24.8 Å². The van der Waals surface area contributed by atoms with Crippen molar-refractivity contribution in [1.29, 1.82) is 0 Å². The highest BCUT2D eigenvalue weighted by molar-refractivity contribution is 5.51. The van der Waals surface area contributed by atoms with Crippen LogP contribution in [0.15, 0.2) is 24.7 Å². The van der Waals surface area contributed by atoms with Gasteiger partial charge in [0.15, 0.2) is 0 Å². The van der Waals surface area contributed by atoms with E-state index < -0.39 is 0 Å². The van der Waals surface area contributed by atoms with E-state index in [0.29, 0.717) is 23.7 Å². The molecule has 0 radical (unpaired) electrons. The molecule has 2 saturated heterocycles. The molecular formula is C16H20N6O. The summed E-state index contributed by atoms with van der Waals surface area (Å²) in [6, 6.07) is 2.73. The molecule has 0 aromatic carbocycles. The topological polar surface area (TPSA) is 91.4 Å². The van der Waals surface area contributed by atoms with Crippen molar-refractivity contribution in [2.24, 2.45) is 0 Å². The molecule has 7 heteroatoms. The van der Waals surface area contributed by atoms with Crippen LogP contribution in [0.4, 0.5) is 11.5 Å². The number of fused-ring (bicyclic) bond motifs is 2. The second kappa shape index (κ2) is 5.34. The summed E-state index contributed by atoms with van der Waals surface area (Å²) >= 11 is 0. The molecule has 7 nitrogen and oxygen atoms in total. The van der Waals surface area contributed by atoms with Gasteiger partial charge in [0.25, 0.3) is 0 Å². The van der Waals surface area contributed by atoms with Gasteiger partial charge in [-0.2, -0.15) is 0 Å². The summed E-state index contributed by atoms with van der Waals surface area (Å²) < 4.78 is 0. The quantitative estimate of drug-likeness (QED) is 0.871. The van der Waals surface area contributed by atoms with Crippen LogP contribution >= 0.6 is 0 Å². The van der Waals surface area contributed by atoms with Crippen molar-refractivity contribution in [1.82, 2.24) is 19.9 Å². The number of aromatic hydroxyl groups is 1. The third kappa shape index (κ3) is 2.57. The van der Waals surface area contributed by atoms with E-state index in [9.17, 15) is 5.11 Å². The third-order valence-corrected chi connectivity index (χ3v) is 4.79. The molecule has 2 aliphatic heterocycles. The van der Waals surface area contributed by atoms with E-state index in [4.69, 9.17) is 5.73 Å². The summed E-state index contributed by atoms with van der Waals surface area (Å²) in [5.41, 5.74) is 8.00. The number of rotatable bonds is 3. The fourth-order valence-corrected chi connectivity index (χ4v) is 3.69. The van der Waals surface area contributed by atoms with Crippen LogP contribution in [0.1, 0.15) is 17.8 Å². The van der Waals surface area contributed by atoms with Crippen LogP contribution in [0.3, 0.4) is 0 Å². The number of piperazine rings is 1. The van der Waals surface area contributed by atoms with E-state index in [0.717, 1.165) is 37.3 Å². The molecule has 0 aliphatic carbocycles. The molecule has 120 valence electrons. The fraction of sp³-hybridized carbons (Fsp3) is 0.438. The number of nitrogen functional groups attached to an aromatic ring is 1. The van der Waals surface area contributed by atoms with Gasteiger partial charge in [0.05, 0.1) is 18.1 Å². The first-order chi connectivity index (χ1) is 11.1. The predicted molar refractivity (Wildman–Crippen MR) is 87.0 cm³/mol. The van der Waals surface area contributed by atoms with Gasteiger partial charge in [-0.25, -0.2) is 9.97 Å². The Kier molecular flexibility index (Phi) is 3.30. The Hall–Kier alpha value is -2.41. The minimum Gasteiger partial charge on any atom is -0.506 e. The van der Waals surface area contributed by atoms with Gasteiger partial charge in [-0.1, -0.05) is 0 Å². The van der Waals surface area contributed by atoms with Crippen molar-refractivity contribution in [3.63, 3.8) is 0 Å². The first-order valence-electron chi connectivity index (χ1n) is 7.83. The normalized spacial score (nSPS) is 23.6. The summed E-state index contributed by atoms with van der Waals surface area (Å²) in [6.45, 7) is 4.56. The highest BCUT2D eigenvalue weighted by atomic mass is 16.3. The molecule has 3 N–H and O–H groups in total. The molecule has 2 atom stereocenters. The van der Waals surface area contributed by atoms with E-state index in [1.54, 1.807) is 6.07 Å². The summed E-state index contributed by atoms with van der Waals surface area (Å²) in [7, 11) is 0. The van der Waals surface area contributed by atoms with Gasteiger partial charge in [-0.3, -0.25) is 9.88 Å².